The number of hydrogen-bond acceptors (Lipinski definition) is 11. The Kier molecular flexibility index (Phi) is 10.9. The second kappa shape index (κ2) is 15.1. The van der Waals surface area contributed by atoms with Crippen LogP contribution in [0.3, 0.4) is 0 Å². The lowest BCUT2D eigenvalue weighted by Gasteiger charge is -2.49. The minimum Gasteiger partial charge on any atom is -1.00 e. The van der Waals surface area contributed by atoms with Crippen LogP contribution in [0.15, 0.2) is 95.8 Å². The van der Waals surface area contributed by atoms with E-state index in [2.05, 4.69) is 19.8 Å². The van der Waals surface area contributed by atoms with Crippen molar-refractivity contribution in [2.24, 2.45) is 12.2 Å². The van der Waals surface area contributed by atoms with Crippen LogP contribution in [-0.4, -0.2) is 66.1 Å². The Labute approximate surface area is 296 Å². The summed E-state index contributed by atoms with van der Waals surface area (Å²) in [6, 6.07) is 18.0. The van der Waals surface area contributed by atoms with Gasteiger partial charge >= 0.3 is 5.97 Å². The van der Waals surface area contributed by atoms with Gasteiger partial charge in [0.15, 0.2) is 11.2 Å². The van der Waals surface area contributed by atoms with Gasteiger partial charge in [-0.25, -0.2) is 13.9 Å². The molecule has 2 aliphatic rings. The number of aryl methyl sites for hydroxylation is 1. The number of nitrogens with two attached hydrogens (primary N) is 1. The summed E-state index contributed by atoms with van der Waals surface area (Å²) in [4.78, 5) is 51.9. The molecule has 0 radical (unpaired) electrons. The highest BCUT2D eigenvalue weighted by Gasteiger charge is 2.55. The van der Waals surface area contributed by atoms with Crippen LogP contribution < -0.4 is 39.6 Å². The first-order valence-corrected chi connectivity index (χ1v) is 16.2. The van der Waals surface area contributed by atoms with Crippen LogP contribution in [0.1, 0.15) is 30.0 Å². The first-order chi connectivity index (χ1) is 22.3. The maximum atomic E-state index is 14.2. The van der Waals surface area contributed by atoms with Gasteiger partial charge in [0, 0.05) is 22.9 Å². The predicted molar refractivity (Wildman–Crippen MR) is 171 cm³/mol. The highest BCUT2D eigenvalue weighted by molar-refractivity contribution is 8.00. The third-order valence-corrected chi connectivity index (χ3v) is 9.19. The topological polar surface area (TPSA) is 158 Å². The Morgan fingerprint density at radius 2 is 1.83 bits per heavy atom. The molecule has 1 fully saturated rings. The lowest BCUT2D eigenvalue weighted by atomic mass is 10.0. The Morgan fingerprint density at radius 1 is 1.15 bits per heavy atom. The van der Waals surface area contributed by atoms with E-state index in [1.807, 2.05) is 95.6 Å². The Morgan fingerprint density at radius 3 is 2.40 bits per heavy atom. The van der Waals surface area contributed by atoms with E-state index >= 15 is 0 Å². The molecule has 2 aromatic carbocycles. The van der Waals surface area contributed by atoms with E-state index in [1.165, 1.54) is 16.7 Å². The third kappa shape index (κ3) is 7.33. The molecule has 2 atom stereocenters. The number of anilines is 1. The zero-order valence-corrected chi connectivity index (χ0v) is 29.1. The van der Waals surface area contributed by atoms with Gasteiger partial charge in [0.2, 0.25) is 17.9 Å². The van der Waals surface area contributed by atoms with Gasteiger partial charge < -0.3 is 44.6 Å². The molecule has 2 aliphatic heterocycles. The predicted octanol–water partition coefficient (Wildman–Crippen LogP) is -0.822. The standard InChI is InChI=1S/C31H30N8O5S2.HI/c1-3-43-35-22(26-34-31(32)46-36-26)27(40)33-23-28(41)39-24(21(17-45-29(23)39)16-38-15-14-37(2)18-38)30(42)44-25(19-10-6-4-7-11-19)20-12-8-5-9-13-20;/h4-15,18,23,25,29H,3,16-17H2,1-2H3,(H2-,32,33,34,36,40);1H/t23?,29-;/m1./s1. The van der Waals surface area contributed by atoms with Gasteiger partial charge in [0.25, 0.3) is 11.8 Å². The zero-order valence-electron chi connectivity index (χ0n) is 25.4. The molecule has 4 heterocycles. The number of nitrogens with zero attached hydrogens (tertiary/aromatic N) is 6. The lowest BCUT2D eigenvalue weighted by Crippen LogP contribution is -3.00. The first-order valence-electron chi connectivity index (χ1n) is 14.4. The molecule has 244 valence electrons. The van der Waals surface area contributed by atoms with Crippen molar-refractivity contribution in [3.8, 4) is 0 Å². The van der Waals surface area contributed by atoms with Crippen molar-refractivity contribution in [2.45, 2.75) is 31.0 Å². The number of ether oxygens (including phenoxy) is 1. The number of oxime groups is 1. The van der Waals surface area contributed by atoms with Crippen LogP contribution in [0.5, 0.6) is 0 Å². The number of nitrogens with one attached hydrogen (secondary N) is 1. The largest absolute Gasteiger partial charge is 1.00 e. The SMILES string of the molecule is CCON=C(C(=O)NC1C(=O)N2C(C(=O)OC(c3ccccc3)c3ccccc3)=C(Cn3cc[n+](C)c3)CS[C@H]12)c1nsc(N)n1.[I-]. The number of carbonyl (C=O) groups excluding carboxylic acids is 3. The van der Waals surface area contributed by atoms with E-state index in [0.29, 0.717) is 12.3 Å². The van der Waals surface area contributed by atoms with E-state index in [9.17, 15) is 14.4 Å². The molecule has 6 rings (SSSR count). The first kappa shape index (κ1) is 34.1. The molecule has 2 aromatic heterocycles. The molecule has 3 N–H and O–H groups in total. The van der Waals surface area contributed by atoms with Gasteiger partial charge in [-0.15, -0.1) is 11.8 Å². The van der Waals surface area contributed by atoms with Gasteiger partial charge in [0.05, 0.1) is 7.05 Å². The normalized spacial score (nSPS) is 17.5. The minimum atomic E-state index is -0.937. The molecule has 0 saturated carbocycles. The molecule has 0 aliphatic carbocycles. The number of thioether (sulfide) groups is 1. The highest BCUT2D eigenvalue weighted by Crippen LogP contribution is 2.42. The second-order valence-corrected chi connectivity index (χ2v) is 12.4. The molecule has 4 aromatic rings. The summed E-state index contributed by atoms with van der Waals surface area (Å²) in [6.07, 6.45) is 4.97. The van der Waals surface area contributed by atoms with E-state index in [-0.39, 0.29) is 52.9 Å². The van der Waals surface area contributed by atoms with Crippen molar-refractivity contribution in [2.75, 3.05) is 18.1 Å². The average Bonchev–Trinajstić information content (AvgIpc) is 3.70. The number of carbonyl (C=O) groups is 3. The molecule has 47 heavy (non-hydrogen) atoms. The zero-order chi connectivity index (χ0) is 32.2. The van der Waals surface area contributed by atoms with Crippen LogP contribution in [0.4, 0.5) is 5.13 Å². The molecular formula is C31H31IN8O5S2. The molecule has 1 unspecified atom stereocenters. The number of nitrogen functional groups attached to an aromatic ring is 1. The van der Waals surface area contributed by atoms with Crippen molar-refractivity contribution < 1.29 is 52.5 Å². The number of β-lactam (4-membered cyclic amide) rings is 1. The number of rotatable bonds is 11. The molecule has 13 nitrogen and oxygen atoms in total. The lowest BCUT2D eigenvalue weighted by molar-refractivity contribution is -0.671. The number of halogens is 1. The monoisotopic (exact) mass is 786 g/mol. The average molecular weight is 787 g/mol. The number of imidazole rings is 1. The summed E-state index contributed by atoms with van der Waals surface area (Å²) in [5, 5.41) is 6.21. The quantitative estimate of drug-likeness (QED) is 0.0496. The summed E-state index contributed by atoms with van der Waals surface area (Å²) in [7, 11) is 1.90. The van der Waals surface area contributed by atoms with Crippen molar-refractivity contribution in [3.05, 3.63) is 108 Å². The van der Waals surface area contributed by atoms with Crippen LogP contribution >= 0.6 is 23.3 Å². The van der Waals surface area contributed by atoms with Crippen molar-refractivity contribution >= 4 is 51.9 Å². The Hall–Kier alpha value is -4.29. The van der Waals surface area contributed by atoms with Crippen LogP contribution in [0, 0.1) is 0 Å². The summed E-state index contributed by atoms with van der Waals surface area (Å²) in [6.45, 7) is 2.29. The molecule has 1 saturated heterocycles. The smallest absolute Gasteiger partial charge is 0.356 e. The maximum absolute atomic E-state index is 14.2. The fourth-order valence-corrected chi connectivity index (χ4v) is 6.98. The Balaban J connectivity index is 0.00000433. The molecule has 2 amide bonds. The van der Waals surface area contributed by atoms with Crippen LogP contribution in [-0.2, 0) is 37.6 Å². The summed E-state index contributed by atoms with van der Waals surface area (Å²) < 4.78 is 14.1. The van der Waals surface area contributed by atoms with Crippen molar-refractivity contribution in [3.63, 3.8) is 0 Å². The molecule has 0 spiro atoms. The third-order valence-electron chi connectivity index (χ3n) is 7.31. The number of benzene rings is 2. The van der Waals surface area contributed by atoms with Gasteiger partial charge in [-0.3, -0.25) is 14.5 Å². The molecule has 16 heteroatoms. The number of amides is 2. The second-order valence-electron chi connectivity index (χ2n) is 10.5. The van der Waals surface area contributed by atoms with E-state index in [1.54, 1.807) is 6.92 Å². The summed E-state index contributed by atoms with van der Waals surface area (Å²) in [5.41, 5.74) is 7.99. The number of fused-ring (bicyclic) bond motifs is 1. The highest BCUT2D eigenvalue weighted by atomic mass is 127. The summed E-state index contributed by atoms with van der Waals surface area (Å²) in [5.74, 6) is -1.36. The van der Waals surface area contributed by atoms with Crippen molar-refractivity contribution in [1.82, 2.24) is 24.1 Å². The Bertz CT molecular complexity index is 1770. The fourth-order valence-electron chi connectivity index (χ4n) is 5.21. The summed E-state index contributed by atoms with van der Waals surface area (Å²) >= 11 is 2.36. The number of aromatic nitrogens is 4. The van der Waals surface area contributed by atoms with Crippen LogP contribution in [0.2, 0.25) is 0 Å². The number of esters is 1. The van der Waals surface area contributed by atoms with E-state index in [0.717, 1.165) is 28.2 Å². The van der Waals surface area contributed by atoms with E-state index in [4.69, 9.17) is 15.3 Å². The van der Waals surface area contributed by atoms with Gasteiger partial charge in [-0.1, -0.05) is 65.8 Å². The maximum Gasteiger partial charge on any atom is 0.356 e. The molecular weight excluding hydrogens is 755 g/mol. The van der Waals surface area contributed by atoms with E-state index < -0.39 is 35.3 Å². The number of hydrogen-bond donors (Lipinski definition) is 2. The van der Waals surface area contributed by atoms with Crippen LogP contribution in [0.25, 0.3) is 0 Å². The minimum absolute atomic E-state index is 0. The van der Waals surface area contributed by atoms with Gasteiger partial charge in [0.1, 0.15) is 42.7 Å². The van der Waals surface area contributed by atoms with Gasteiger partial charge in [-0.05, 0) is 18.1 Å². The van der Waals surface area contributed by atoms with Crippen molar-refractivity contribution in [1.29, 1.82) is 0 Å². The van der Waals surface area contributed by atoms with Gasteiger partial charge in [-0.2, -0.15) is 9.36 Å². The fraction of sp³-hybridized carbons (Fsp3) is 0.258. The molecule has 0 bridgehead atoms.